The van der Waals surface area contributed by atoms with E-state index >= 15 is 0 Å². The first-order valence-corrected chi connectivity index (χ1v) is 6.31. The van der Waals surface area contributed by atoms with E-state index in [9.17, 15) is 4.79 Å². The predicted octanol–water partition coefficient (Wildman–Crippen LogP) is 0.704. The van der Waals surface area contributed by atoms with Crippen LogP contribution in [-0.2, 0) is 20.5 Å². The van der Waals surface area contributed by atoms with E-state index in [-0.39, 0.29) is 6.42 Å². The van der Waals surface area contributed by atoms with E-state index in [0.29, 0.717) is 11.4 Å². The smallest absolute Gasteiger partial charge is 0.399 e. The van der Waals surface area contributed by atoms with Crippen molar-refractivity contribution in [3.05, 3.63) is 18.0 Å². The summed E-state index contributed by atoms with van der Waals surface area (Å²) < 4.78 is 11.9. The summed E-state index contributed by atoms with van der Waals surface area (Å²) in [4.78, 5) is 14.7. The average Bonchev–Trinajstić information content (AvgIpc) is 2.51. The molecule has 2 N–H and O–H groups in total. The van der Waals surface area contributed by atoms with Crippen LogP contribution in [0.15, 0.2) is 12.3 Å². The number of pyridine rings is 1. The minimum atomic E-state index is -0.529. The first-order chi connectivity index (χ1) is 8.78. The largest absolute Gasteiger partial charge is 0.497 e. The highest BCUT2D eigenvalue weighted by atomic mass is 16.7. The number of aromatic nitrogens is 1. The number of aldehydes is 1. The van der Waals surface area contributed by atoms with Crippen LogP contribution in [0, 0.1) is 0 Å². The molecule has 0 saturated carbocycles. The summed E-state index contributed by atoms with van der Waals surface area (Å²) in [5.74, 6) is 0. The van der Waals surface area contributed by atoms with Crippen molar-refractivity contribution in [2.45, 2.75) is 45.3 Å². The normalized spacial score (nSPS) is 20.5. The van der Waals surface area contributed by atoms with Crippen molar-refractivity contribution >= 4 is 24.6 Å². The second kappa shape index (κ2) is 4.61. The average molecular weight is 262 g/mol. The van der Waals surface area contributed by atoms with E-state index in [4.69, 9.17) is 15.0 Å². The third kappa shape index (κ3) is 2.38. The minimum absolute atomic E-state index is 0.194. The van der Waals surface area contributed by atoms with Crippen LogP contribution in [0.5, 0.6) is 0 Å². The number of hydrogen-bond donors (Lipinski definition) is 1. The van der Waals surface area contributed by atoms with Gasteiger partial charge >= 0.3 is 7.12 Å². The fraction of sp³-hybridized carbons (Fsp3) is 0.538. The molecule has 0 amide bonds. The molecular formula is C13H19BN2O3. The molecule has 0 aromatic carbocycles. The molecule has 1 fully saturated rings. The highest BCUT2D eigenvalue weighted by Gasteiger charge is 2.52. The lowest BCUT2D eigenvalue weighted by Gasteiger charge is -2.32. The van der Waals surface area contributed by atoms with Gasteiger partial charge in [0, 0.05) is 18.1 Å². The van der Waals surface area contributed by atoms with Gasteiger partial charge in [-0.2, -0.15) is 0 Å². The Kier molecular flexibility index (Phi) is 3.41. The summed E-state index contributed by atoms with van der Waals surface area (Å²) in [5, 5.41) is 0. The molecule has 19 heavy (non-hydrogen) atoms. The quantitative estimate of drug-likeness (QED) is 0.641. The Morgan fingerprint density at radius 1 is 1.32 bits per heavy atom. The molecule has 102 valence electrons. The number of rotatable bonds is 3. The maximum Gasteiger partial charge on any atom is 0.497 e. The molecule has 1 saturated heterocycles. The lowest BCUT2D eigenvalue weighted by Crippen LogP contribution is -2.41. The monoisotopic (exact) mass is 262 g/mol. The van der Waals surface area contributed by atoms with E-state index in [1.807, 2.05) is 27.7 Å². The van der Waals surface area contributed by atoms with Crippen LogP contribution in [0.25, 0.3) is 0 Å². The molecule has 1 aliphatic heterocycles. The van der Waals surface area contributed by atoms with Crippen molar-refractivity contribution in [2.24, 2.45) is 0 Å². The van der Waals surface area contributed by atoms with Crippen LogP contribution < -0.4 is 11.2 Å². The van der Waals surface area contributed by atoms with Gasteiger partial charge in [0.05, 0.1) is 22.6 Å². The van der Waals surface area contributed by atoms with Crippen LogP contribution in [0.4, 0.5) is 5.69 Å². The summed E-state index contributed by atoms with van der Waals surface area (Å²) in [6.45, 7) is 7.93. The van der Waals surface area contributed by atoms with E-state index < -0.39 is 18.3 Å². The Morgan fingerprint density at radius 2 is 1.89 bits per heavy atom. The maximum absolute atomic E-state index is 10.6. The number of nitrogen functional groups attached to an aromatic ring is 1. The molecule has 0 unspecified atom stereocenters. The van der Waals surface area contributed by atoms with Crippen molar-refractivity contribution < 1.29 is 14.1 Å². The third-order valence-corrected chi connectivity index (χ3v) is 3.89. The zero-order chi connectivity index (χ0) is 14.3. The van der Waals surface area contributed by atoms with Gasteiger partial charge in [-0.1, -0.05) is 0 Å². The Bertz CT molecular complexity index is 487. The predicted molar refractivity (Wildman–Crippen MR) is 74.1 cm³/mol. The van der Waals surface area contributed by atoms with E-state index in [1.54, 1.807) is 12.3 Å². The van der Waals surface area contributed by atoms with Crippen molar-refractivity contribution in [3.63, 3.8) is 0 Å². The molecule has 5 nitrogen and oxygen atoms in total. The summed E-state index contributed by atoms with van der Waals surface area (Å²) in [5.41, 5.74) is 6.96. The lowest BCUT2D eigenvalue weighted by atomic mass is 9.78. The molecule has 1 aromatic rings. The number of carbonyl (C=O) groups excluding carboxylic acids is 1. The zero-order valence-corrected chi connectivity index (χ0v) is 11.8. The summed E-state index contributed by atoms with van der Waals surface area (Å²) in [6, 6.07) is 1.77. The second-order valence-corrected chi connectivity index (χ2v) is 5.72. The van der Waals surface area contributed by atoms with Gasteiger partial charge in [0.15, 0.2) is 0 Å². The number of nitrogens with zero attached hydrogens (tertiary/aromatic N) is 1. The van der Waals surface area contributed by atoms with E-state index in [1.165, 1.54) is 0 Å². The molecule has 1 aromatic heterocycles. The first-order valence-electron chi connectivity index (χ1n) is 6.31. The van der Waals surface area contributed by atoms with Crippen LogP contribution >= 0.6 is 0 Å². The van der Waals surface area contributed by atoms with Gasteiger partial charge in [0.1, 0.15) is 6.29 Å². The first kappa shape index (κ1) is 14.0. The molecule has 1 aliphatic rings. The van der Waals surface area contributed by atoms with Crippen molar-refractivity contribution in [1.29, 1.82) is 0 Å². The Balaban J connectivity index is 2.34. The van der Waals surface area contributed by atoms with E-state index in [0.717, 1.165) is 11.7 Å². The maximum atomic E-state index is 10.6. The van der Waals surface area contributed by atoms with E-state index in [2.05, 4.69) is 4.98 Å². The lowest BCUT2D eigenvalue weighted by molar-refractivity contribution is -0.107. The summed E-state index contributed by atoms with van der Waals surface area (Å²) in [6.07, 6.45) is 2.60. The highest BCUT2D eigenvalue weighted by molar-refractivity contribution is 6.63. The highest BCUT2D eigenvalue weighted by Crippen LogP contribution is 2.36. The number of hydrogen-bond acceptors (Lipinski definition) is 5. The Labute approximate surface area is 113 Å². The minimum Gasteiger partial charge on any atom is -0.399 e. The van der Waals surface area contributed by atoms with Crippen LogP contribution in [-0.4, -0.2) is 29.6 Å². The fourth-order valence-corrected chi connectivity index (χ4v) is 1.95. The molecule has 0 radical (unpaired) electrons. The Hall–Kier alpha value is -1.40. The van der Waals surface area contributed by atoms with Gasteiger partial charge < -0.3 is 19.8 Å². The number of anilines is 1. The van der Waals surface area contributed by atoms with Gasteiger partial charge in [-0.05, 0) is 33.8 Å². The summed E-state index contributed by atoms with van der Waals surface area (Å²) in [7, 11) is -0.529. The van der Waals surface area contributed by atoms with Gasteiger partial charge in [0.2, 0.25) is 0 Å². The molecule has 2 heterocycles. The second-order valence-electron chi connectivity index (χ2n) is 5.72. The third-order valence-electron chi connectivity index (χ3n) is 3.89. The molecule has 0 bridgehead atoms. The Morgan fingerprint density at radius 3 is 2.42 bits per heavy atom. The van der Waals surface area contributed by atoms with Crippen molar-refractivity contribution in [2.75, 3.05) is 5.73 Å². The number of carbonyl (C=O) groups is 1. The zero-order valence-electron chi connectivity index (χ0n) is 11.8. The van der Waals surface area contributed by atoms with Gasteiger partial charge in [-0.25, -0.2) is 0 Å². The molecule has 0 atom stereocenters. The standard InChI is InChI=1S/C13H19BN2O3/c1-12(2)13(3,4)19-14(18-12)9-5-7-16-10(6-8-17)11(9)15/h5,7-8H,6,15H2,1-4H3. The summed E-state index contributed by atoms with van der Waals surface area (Å²) >= 11 is 0. The van der Waals surface area contributed by atoms with Crippen molar-refractivity contribution in [3.8, 4) is 0 Å². The van der Waals surface area contributed by atoms with Crippen LogP contribution in [0.3, 0.4) is 0 Å². The molecular weight excluding hydrogens is 243 g/mol. The topological polar surface area (TPSA) is 74.4 Å². The van der Waals surface area contributed by atoms with Crippen LogP contribution in [0.2, 0.25) is 0 Å². The SMILES string of the molecule is CC1(C)OB(c2ccnc(CC=O)c2N)OC1(C)C. The van der Waals surface area contributed by atoms with Gasteiger partial charge in [0.25, 0.3) is 0 Å². The molecule has 0 aliphatic carbocycles. The molecule has 6 heteroatoms. The van der Waals surface area contributed by atoms with Gasteiger partial charge in [-0.15, -0.1) is 0 Å². The van der Waals surface area contributed by atoms with Crippen LogP contribution in [0.1, 0.15) is 33.4 Å². The fourth-order valence-electron chi connectivity index (χ4n) is 1.95. The van der Waals surface area contributed by atoms with Crippen molar-refractivity contribution in [1.82, 2.24) is 4.98 Å². The van der Waals surface area contributed by atoms with Gasteiger partial charge in [-0.3, -0.25) is 4.98 Å². The number of nitrogens with two attached hydrogens (primary N) is 1. The molecule has 2 rings (SSSR count). The molecule has 0 spiro atoms.